The van der Waals surface area contributed by atoms with Gasteiger partial charge < -0.3 is 10.4 Å². The summed E-state index contributed by atoms with van der Waals surface area (Å²) in [6, 6.07) is 8.13. The zero-order chi connectivity index (χ0) is 16.2. The van der Waals surface area contributed by atoms with Crippen LogP contribution in [0.3, 0.4) is 0 Å². The second kappa shape index (κ2) is 6.61. The molecule has 0 spiro atoms. The van der Waals surface area contributed by atoms with Gasteiger partial charge in [0.1, 0.15) is 0 Å². The second-order valence-electron chi connectivity index (χ2n) is 4.31. The number of oxime groups is 1. The molecule has 0 unspecified atom stereocenters. The molecule has 0 saturated heterocycles. The Morgan fingerprint density at radius 1 is 1.27 bits per heavy atom. The lowest BCUT2D eigenvalue weighted by Gasteiger charge is -2.10. The summed E-state index contributed by atoms with van der Waals surface area (Å²) in [6.45, 7) is -0.358. The quantitative estimate of drug-likeness (QED) is 0.307. The molecule has 1 N–H and O–H groups in total. The van der Waals surface area contributed by atoms with E-state index in [-0.39, 0.29) is 17.8 Å². The van der Waals surface area contributed by atoms with E-state index in [9.17, 15) is 18.4 Å². The standard InChI is InChI=1S/C14H11F3N2O2S/c15-14(16,17)11-5-2-1-4-10(11)8-19(21)9-12(18-20)13-6-3-7-22-13/h1-8,20H,9H2/b18-12+,19-8-. The summed E-state index contributed by atoms with van der Waals surface area (Å²) in [7, 11) is 0. The summed E-state index contributed by atoms with van der Waals surface area (Å²) in [6.07, 6.45) is -3.71. The molecule has 0 bridgehead atoms. The summed E-state index contributed by atoms with van der Waals surface area (Å²) in [5.41, 5.74) is -1.05. The Labute approximate surface area is 128 Å². The number of nitrogens with zero attached hydrogens (tertiary/aromatic N) is 2. The normalized spacial score (nSPS) is 13.4. The highest BCUT2D eigenvalue weighted by atomic mass is 32.1. The summed E-state index contributed by atoms with van der Waals surface area (Å²) in [4.78, 5) is 0.570. The van der Waals surface area contributed by atoms with E-state index >= 15 is 0 Å². The van der Waals surface area contributed by atoms with Crippen molar-refractivity contribution in [3.05, 3.63) is 63.0 Å². The second-order valence-corrected chi connectivity index (χ2v) is 5.26. The van der Waals surface area contributed by atoms with Crippen LogP contribution >= 0.6 is 11.3 Å². The fourth-order valence-electron chi connectivity index (χ4n) is 1.82. The van der Waals surface area contributed by atoms with Crippen LogP contribution in [0.25, 0.3) is 0 Å². The molecule has 22 heavy (non-hydrogen) atoms. The first-order valence-electron chi connectivity index (χ1n) is 6.11. The highest BCUT2D eigenvalue weighted by Gasteiger charge is 2.33. The number of halogens is 3. The lowest BCUT2D eigenvalue weighted by Crippen LogP contribution is -2.19. The largest absolute Gasteiger partial charge is 0.623 e. The smallest absolute Gasteiger partial charge is 0.417 e. The first-order valence-corrected chi connectivity index (χ1v) is 6.99. The number of hydroxylamine groups is 1. The van der Waals surface area contributed by atoms with Crippen LogP contribution in [0.5, 0.6) is 0 Å². The van der Waals surface area contributed by atoms with Crippen molar-refractivity contribution in [1.29, 1.82) is 0 Å². The molecular weight excluding hydrogens is 317 g/mol. The van der Waals surface area contributed by atoms with Gasteiger partial charge in [-0.3, -0.25) is 0 Å². The molecule has 1 heterocycles. The van der Waals surface area contributed by atoms with Gasteiger partial charge in [0, 0.05) is 0 Å². The van der Waals surface area contributed by atoms with Crippen molar-refractivity contribution in [2.24, 2.45) is 5.16 Å². The lowest BCUT2D eigenvalue weighted by atomic mass is 10.1. The van der Waals surface area contributed by atoms with Crippen molar-refractivity contribution >= 4 is 23.3 Å². The number of rotatable bonds is 4. The minimum Gasteiger partial charge on any atom is -0.623 e. The Morgan fingerprint density at radius 3 is 2.59 bits per heavy atom. The average Bonchev–Trinajstić information content (AvgIpc) is 2.98. The van der Waals surface area contributed by atoms with Crippen molar-refractivity contribution in [1.82, 2.24) is 0 Å². The minimum atomic E-state index is -4.55. The summed E-state index contributed by atoms with van der Waals surface area (Å²) in [5, 5.41) is 25.6. The first-order chi connectivity index (χ1) is 10.4. The van der Waals surface area contributed by atoms with Crippen molar-refractivity contribution in [3.63, 3.8) is 0 Å². The SMILES string of the molecule is [O-]/[N+](=C\c1ccccc1C(F)(F)F)C/C(=N\O)c1cccs1. The first kappa shape index (κ1) is 16.0. The third kappa shape index (κ3) is 3.85. The molecule has 2 aromatic rings. The fraction of sp³-hybridized carbons (Fsp3) is 0.143. The Balaban J connectivity index is 2.27. The number of hydrogen-bond acceptors (Lipinski definition) is 4. The summed E-state index contributed by atoms with van der Waals surface area (Å²) >= 11 is 1.26. The molecule has 4 nitrogen and oxygen atoms in total. The van der Waals surface area contributed by atoms with Crippen LogP contribution in [0.4, 0.5) is 13.2 Å². The third-order valence-electron chi connectivity index (χ3n) is 2.78. The fourth-order valence-corrected chi connectivity index (χ4v) is 2.52. The van der Waals surface area contributed by atoms with Crippen LogP contribution in [-0.2, 0) is 6.18 Å². The molecule has 1 aromatic heterocycles. The van der Waals surface area contributed by atoms with Gasteiger partial charge in [0.25, 0.3) is 0 Å². The molecule has 116 valence electrons. The lowest BCUT2D eigenvalue weighted by molar-refractivity contribution is -0.434. The monoisotopic (exact) mass is 328 g/mol. The van der Waals surface area contributed by atoms with Crippen molar-refractivity contribution in [3.8, 4) is 0 Å². The molecule has 0 fully saturated rings. The highest BCUT2D eigenvalue weighted by Crippen LogP contribution is 2.31. The van der Waals surface area contributed by atoms with Gasteiger partial charge in [0.2, 0.25) is 0 Å². The average molecular weight is 328 g/mol. The van der Waals surface area contributed by atoms with Gasteiger partial charge in [-0.25, -0.2) is 4.74 Å². The van der Waals surface area contributed by atoms with E-state index in [0.29, 0.717) is 9.62 Å². The van der Waals surface area contributed by atoms with Crippen LogP contribution in [0, 0.1) is 5.21 Å². The predicted molar refractivity (Wildman–Crippen MR) is 77.7 cm³/mol. The van der Waals surface area contributed by atoms with Crippen LogP contribution < -0.4 is 0 Å². The molecule has 0 aliphatic rings. The topological polar surface area (TPSA) is 58.7 Å². The zero-order valence-corrected chi connectivity index (χ0v) is 11.9. The number of alkyl halides is 3. The molecule has 0 aliphatic heterocycles. The number of benzene rings is 1. The highest BCUT2D eigenvalue weighted by molar-refractivity contribution is 7.12. The summed E-state index contributed by atoms with van der Waals surface area (Å²) < 4.78 is 38.8. The maximum Gasteiger partial charge on any atom is 0.417 e. The maximum atomic E-state index is 12.8. The van der Waals surface area contributed by atoms with Gasteiger partial charge in [0.05, 0.1) is 16.0 Å². The van der Waals surface area contributed by atoms with Gasteiger partial charge >= 0.3 is 6.18 Å². The molecule has 0 atom stereocenters. The van der Waals surface area contributed by atoms with Crippen molar-refractivity contribution in [2.75, 3.05) is 6.54 Å². The molecule has 8 heteroatoms. The zero-order valence-electron chi connectivity index (χ0n) is 11.1. The Kier molecular flexibility index (Phi) is 4.81. The molecule has 0 saturated carbocycles. The van der Waals surface area contributed by atoms with E-state index in [1.165, 1.54) is 29.5 Å². The van der Waals surface area contributed by atoms with Crippen LogP contribution in [0.1, 0.15) is 16.0 Å². The summed E-state index contributed by atoms with van der Waals surface area (Å²) in [5.74, 6) is 0. The molecule has 0 radical (unpaired) electrons. The van der Waals surface area contributed by atoms with Crippen LogP contribution in [0.15, 0.2) is 46.9 Å². The van der Waals surface area contributed by atoms with Crippen LogP contribution in [-0.4, -0.2) is 28.4 Å². The molecular formula is C14H11F3N2O2S. The minimum absolute atomic E-state index is 0.0886. The van der Waals surface area contributed by atoms with E-state index in [4.69, 9.17) is 5.21 Å². The van der Waals surface area contributed by atoms with Gasteiger partial charge in [-0.2, -0.15) is 13.2 Å². The van der Waals surface area contributed by atoms with Gasteiger partial charge in [-0.1, -0.05) is 23.4 Å². The Hall–Kier alpha value is -2.35. The number of hydrogen-bond donors (Lipinski definition) is 1. The van der Waals surface area contributed by atoms with Crippen molar-refractivity contribution < 1.29 is 23.1 Å². The van der Waals surface area contributed by atoms with E-state index in [1.807, 2.05) is 0 Å². The Morgan fingerprint density at radius 2 is 2.00 bits per heavy atom. The van der Waals surface area contributed by atoms with E-state index in [2.05, 4.69) is 5.16 Å². The third-order valence-corrected chi connectivity index (χ3v) is 3.70. The molecule has 0 amide bonds. The van der Waals surface area contributed by atoms with Gasteiger partial charge in [-0.15, -0.1) is 11.3 Å². The Bertz CT molecular complexity index is 694. The van der Waals surface area contributed by atoms with Crippen LogP contribution in [0.2, 0.25) is 0 Å². The van der Waals surface area contributed by atoms with E-state index in [0.717, 1.165) is 12.3 Å². The molecule has 0 aliphatic carbocycles. The van der Waals surface area contributed by atoms with E-state index in [1.54, 1.807) is 17.5 Å². The number of thiophene rings is 1. The van der Waals surface area contributed by atoms with Gasteiger partial charge in [-0.05, 0) is 23.6 Å². The molecule has 1 aromatic carbocycles. The van der Waals surface area contributed by atoms with Gasteiger partial charge in [0.15, 0.2) is 18.5 Å². The predicted octanol–water partition coefficient (Wildman–Crippen LogP) is 3.57. The van der Waals surface area contributed by atoms with E-state index < -0.39 is 11.7 Å². The molecule has 2 rings (SSSR count). The maximum absolute atomic E-state index is 12.8. The van der Waals surface area contributed by atoms with Crippen molar-refractivity contribution in [2.45, 2.75) is 6.18 Å².